The molecule has 6 heteroatoms. The minimum Gasteiger partial charge on any atom is -0.485 e. The van der Waals surface area contributed by atoms with Gasteiger partial charge < -0.3 is 19.5 Å². The molecule has 1 N–H and O–H groups in total. The van der Waals surface area contributed by atoms with Gasteiger partial charge in [-0.05, 0) is 39.1 Å². The number of ether oxygens (including phenoxy) is 3. The van der Waals surface area contributed by atoms with Gasteiger partial charge in [-0.15, -0.1) is 0 Å². The van der Waals surface area contributed by atoms with Crippen LogP contribution in [-0.4, -0.2) is 44.0 Å². The summed E-state index contributed by atoms with van der Waals surface area (Å²) in [7, 11) is 0. The highest BCUT2D eigenvalue weighted by molar-refractivity contribution is 6.02. The molecular formula is C18H24FNO4. The molecule has 5 nitrogen and oxygen atoms in total. The van der Waals surface area contributed by atoms with E-state index in [1.165, 1.54) is 18.2 Å². The molecule has 1 atom stereocenters. The van der Waals surface area contributed by atoms with Crippen LogP contribution in [0.15, 0.2) is 18.2 Å². The Morgan fingerprint density at radius 2 is 1.96 bits per heavy atom. The molecular weight excluding hydrogens is 313 g/mol. The number of hydrogen-bond acceptors (Lipinski definition) is 5. The minimum atomic E-state index is -0.724. The molecule has 1 spiro atoms. The van der Waals surface area contributed by atoms with Crippen LogP contribution in [0.1, 0.15) is 37.0 Å². The summed E-state index contributed by atoms with van der Waals surface area (Å²) in [4.78, 5) is 13.2. The SMILES string of the molecule is CCOC(OCC)C1C(=O)c2ccc(F)cc2OC12CCNCC2. The van der Waals surface area contributed by atoms with E-state index in [0.717, 1.165) is 13.1 Å². The number of rotatable bonds is 5. The quantitative estimate of drug-likeness (QED) is 0.837. The lowest BCUT2D eigenvalue weighted by atomic mass is 9.73. The first-order chi connectivity index (χ1) is 11.6. The fraction of sp³-hybridized carbons (Fsp3) is 0.611. The summed E-state index contributed by atoms with van der Waals surface area (Å²) < 4.78 is 31.3. The average molecular weight is 337 g/mol. The normalized spacial score (nSPS) is 22.5. The Morgan fingerprint density at radius 3 is 2.58 bits per heavy atom. The third-order valence-electron chi connectivity index (χ3n) is 4.76. The summed E-state index contributed by atoms with van der Waals surface area (Å²) in [5.41, 5.74) is -0.326. The van der Waals surface area contributed by atoms with Crippen molar-refractivity contribution in [1.82, 2.24) is 5.32 Å². The van der Waals surface area contributed by atoms with Gasteiger partial charge in [-0.2, -0.15) is 0 Å². The van der Waals surface area contributed by atoms with Crippen LogP contribution in [0.4, 0.5) is 4.39 Å². The number of carbonyl (C=O) groups is 1. The van der Waals surface area contributed by atoms with E-state index >= 15 is 0 Å². The summed E-state index contributed by atoms with van der Waals surface area (Å²) in [6.07, 6.45) is 0.634. The van der Waals surface area contributed by atoms with E-state index in [1.54, 1.807) is 0 Å². The second-order valence-electron chi connectivity index (χ2n) is 6.18. The number of carbonyl (C=O) groups excluding carboxylic acids is 1. The zero-order chi connectivity index (χ0) is 17.2. The molecule has 132 valence electrons. The van der Waals surface area contributed by atoms with Gasteiger partial charge in [0.2, 0.25) is 0 Å². The molecule has 3 rings (SSSR count). The number of hydrogen-bond donors (Lipinski definition) is 1. The summed E-state index contributed by atoms with van der Waals surface area (Å²) in [5.74, 6) is -0.734. The molecule has 0 saturated carbocycles. The third kappa shape index (κ3) is 3.06. The maximum atomic E-state index is 13.6. The van der Waals surface area contributed by atoms with Crippen molar-refractivity contribution >= 4 is 5.78 Å². The van der Waals surface area contributed by atoms with Crippen molar-refractivity contribution in [3.05, 3.63) is 29.6 Å². The van der Waals surface area contributed by atoms with Gasteiger partial charge in [0.1, 0.15) is 23.1 Å². The average Bonchev–Trinajstić information content (AvgIpc) is 2.55. The monoisotopic (exact) mass is 337 g/mol. The molecule has 1 aromatic carbocycles. The summed E-state index contributed by atoms with van der Waals surface area (Å²) in [5, 5.41) is 3.28. The first-order valence-corrected chi connectivity index (χ1v) is 8.58. The number of ketones is 1. The van der Waals surface area contributed by atoms with Gasteiger partial charge in [-0.25, -0.2) is 4.39 Å². The minimum absolute atomic E-state index is 0.0925. The fourth-order valence-electron chi connectivity index (χ4n) is 3.68. The number of fused-ring (bicyclic) bond motifs is 1. The number of piperidine rings is 1. The molecule has 1 aromatic rings. The van der Waals surface area contributed by atoms with Crippen LogP contribution in [0.3, 0.4) is 0 Å². The second-order valence-corrected chi connectivity index (χ2v) is 6.18. The molecule has 24 heavy (non-hydrogen) atoms. The number of halogens is 1. The van der Waals surface area contributed by atoms with Gasteiger partial charge in [0.05, 0.1) is 5.56 Å². The molecule has 0 aliphatic carbocycles. The van der Waals surface area contributed by atoms with E-state index < -0.39 is 23.6 Å². The van der Waals surface area contributed by atoms with Crippen molar-refractivity contribution in [2.45, 2.75) is 38.6 Å². The molecule has 0 bridgehead atoms. The predicted octanol–water partition coefficient (Wildman–Crippen LogP) is 2.54. The Kier molecular flexibility index (Phi) is 5.18. The molecule has 2 aliphatic rings. The van der Waals surface area contributed by atoms with Crippen molar-refractivity contribution in [3.63, 3.8) is 0 Å². The van der Waals surface area contributed by atoms with E-state index in [9.17, 15) is 9.18 Å². The van der Waals surface area contributed by atoms with Crippen LogP contribution in [0, 0.1) is 11.7 Å². The van der Waals surface area contributed by atoms with Gasteiger partial charge in [-0.3, -0.25) is 4.79 Å². The molecule has 2 heterocycles. The predicted molar refractivity (Wildman–Crippen MR) is 86.7 cm³/mol. The summed E-state index contributed by atoms with van der Waals surface area (Å²) >= 11 is 0. The van der Waals surface area contributed by atoms with Crippen molar-refractivity contribution in [2.75, 3.05) is 26.3 Å². The Hall–Kier alpha value is -1.50. The number of Topliss-reactive ketones (excluding diaryl/α,β-unsaturated/α-hetero) is 1. The molecule has 0 radical (unpaired) electrons. The highest BCUT2D eigenvalue weighted by atomic mass is 19.1. The molecule has 1 fully saturated rings. The highest BCUT2D eigenvalue weighted by Gasteiger charge is 2.54. The van der Waals surface area contributed by atoms with Crippen molar-refractivity contribution < 1.29 is 23.4 Å². The maximum absolute atomic E-state index is 13.6. The van der Waals surface area contributed by atoms with Crippen LogP contribution < -0.4 is 10.1 Å². The number of nitrogens with one attached hydrogen (secondary N) is 1. The summed E-state index contributed by atoms with van der Waals surface area (Å²) in [6.45, 7) is 6.11. The van der Waals surface area contributed by atoms with E-state index in [-0.39, 0.29) is 5.78 Å². The van der Waals surface area contributed by atoms with Crippen LogP contribution in [0.5, 0.6) is 5.75 Å². The van der Waals surface area contributed by atoms with Crippen molar-refractivity contribution in [2.24, 2.45) is 5.92 Å². The van der Waals surface area contributed by atoms with Crippen LogP contribution in [0.25, 0.3) is 0 Å². The lowest BCUT2D eigenvalue weighted by Crippen LogP contribution is -2.60. The maximum Gasteiger partial charge on any atom is 0.178 e. The smallest absolute Gasteiger partial charge is 0.178 e. The van der Waals surface area contributed by atoms with Gasteiger partial charge in [0, 0.05) is 32.1 Å². The van der Waals surface area contributed by atoms with E-state index in [1.807, 2.05) is 13.8 Å². The topological polar surface area (TPSA) is 56.8 Å². The van der Waals surface area contributed by atoms with Gasteiger partial charge in [0.15, 0.2) is 12.1 Å². The van der Waals surface area contributed by atoms with Gasteiger partial charge in [0.25, 0.3) is 0 Å². The van der Waals surface area contributed by atoms with Crippen molar-refractivity contribution in [3.8, 4) is 5.75 Å². The Balaban J connectivity index is 2.04. The highest BCUT2D eigenvalue weighted by Crippen LogP contribution is 2.44. The van der Waals surface area contributed by atoms with Crippen LogP contribution >= 0.6 is 0 Å². The first kappa shape index (κ1) is 17.3. The van der Waals surface area contributed by atoms with E-state index in [4.69, 9.17) is 14.2 Å². The molecule has 0 aromatic heterocycles. The van der Waals surface area contributed by atoms with Gasteiger partial charge in [-0.1, -0.05) is 0 Å². The molecule has 2 aliphatic heterocycles. The lowest BCUT2D eigenvalue weighted by Gasteiger charge is -2.48. The Bertz CT molecular complexity index is 595. The molecule has 1 unspecified atom stereocenters. The number of benzene rings is 1. The largest absolute Gasteiger partial charge is 0.485 e. The van der Waals surface area contributed by atoms with E-state index in [0.29, 0.717) is 37.4 Å². The lowest BCUT2D eigenvalue weighted by molar-refractivity contribution is -0.196. The third-order valence-corrected chi connectivity index (χ3v) is 4.76. The molecule has 0 amide bonds. The van der Waals surface area contributed by atoms with Crippen molar-refractivity contribution in [1.29, 1.82) is 0 Å². The van der Waals surface area contributed by atoms with E-state index in [2.05, 4.69) is 5.32 Å². The first-order valence-electron chi connectivity index (χ1n) is 8.58. The standard InChI is InChI=1S/C18H24FNO4/c1-3-22-17(23-4-2)15-16(21)13-6-5-12(19)11-14(13)24-18(15)7-9-20-10-8-18/h5-6,11,15,17,20H,3-4,7-10H2,1-2H3. The zero-order valence-corrected chi connectivity index (χ0v) is 14.1. The van der Waals surface area contributed by atoms with Crippen LogP contribution in [-0.2, 0) is 9.47 Å². The van der Waals surface area contributed by atoms with Gasteiger partial charge >= 0.3 is 0 Å². The fourth-order valence-corrected chi connectivity index (χ4v) is 3.68. The van der Waals surface area contributed by atoms with Crippen LogP contribution in [0.2, 0.25) is 0 Å². The Morgan fingerprint density at radius 1 is 1.29 bits per heavy atom. The summed E-state index contributed by atoms with van der Waals surface area (Å²) in [6, 6.07) is 4.07. The zero-order valence-electron chi connectivity index (χ0n) is 14.1. The Labute approximate surface area is 141 Å². The second kappa shape index (κ2) is 7.17. The molecule has 1 saturated heterocycles.